The van der Waals surface area contributed by atoms with E-state index in [9.17, 15) is 15.0 Å². The highest BCUT2D eigenvalue weighted by molar-refractivity contribution is 5.79. The molecule has 0 aliphatic heterocycles. The van der Waals surface area contributed by atoms with Gasteiger partial charge in [-0.25, -0.2) is 4.79 Å². The van der Waals surface area contributed by atoms with Crippen molar-refractivity contribution in [2.75, 3.05) is 19.8 Å². The van der Waals surface area contributed by atoms with E-state index in [1.807, 2.05) is 42.5 Å². The summed E-state index contributed by atoms with van der Waals surface area (Å²) in [6.07, 6.45) is -2.79. The molecule has 0 radical (unpaired) electrons. The Morgan fingerprint density at radius 1 is 0.971 bits per heavy atom. The van der Waals surface area contributed by atoms with Crippen LogP contribution in [-0.2, 0) is 4.74 Å². The number of ether oxygens (including phenoxy) is 2. The summed E-state index contributed by atoms with van der Waals surface area (Å²) in [7, 11) is 0. The lowest BCUT2D eigenvalue weighted by Crippen LogP contribution is -2.36. The molecule has 0 bridgehead atoms. The molecule has 1 amide bonds. The summed E-state index contributed by atoms with van der Waals surface area (Å²) in [4.78, 5) is 12.3. The second-order valence-electron chi connectivity index (χ2n) is 8.04. The van der Waals surface area contributed by atoms with Crippen molar-refractivity contribution in [1.82, 2.24) is 5.32 Å². The lowest BCUT2D eigenvalue weighted by molar-refractivity contribution is 0.0185. The van der Waals surface area contributed by atoms with E-state index < -0.39 is 18.3 Å². The molecule has 0 saturated heterocycles. The van der Waals surface area contributed by atoms with E-state index in [0.717, 1.165) is 22.3 Å². The van der Waals surface area contributed by atoms with Gasteiger partial charge < -0.3 is 25.0 Å². The fourth-order valence-electron chi connectivity index (χ4n) is 4.15. The summed E-state index contributed by atoms with van der Waals surface area (Å²) in [5.41, 5.74) is 5.01. The molecule has 0 heterocycles. The van der Waals surface area contributed by atoms with Gasteiger partial charge in [0.15, 0.2) is 0 Å². The molecule has 1 aliphatic rings. The van der Waals surface area contributed by atoms with Gasteiger partial charge in [-0.15, -0.1) is 0 Å². The first-order valence-electron chi connectivity index (χ1n) is 11.1. The number of aliphatic hydroxyl groups excluding tert-OH is 2. The monoisotopic (exact) mass is 458 g/mol. The first-order chi connectivity index (χ1) is 16.6. The van der Waals surface area contributed by atoms with Crippen LogP contribution in [0.4, 0.5) is 4.79 Å². The summed E-state index contributed by atoms with van der Waals surface area (Å²) < 4.78 is 10.8. The Morgan fingerprint density at radius 2 is 1.59 bits per heavy atom. The highest BCUT2D eigenvalue weighted by Crippen LogP contribution is 2.44. The van der Waals surface area contributed by atoms with Crippen LogP contribution in [0.5, 0.6) is 5.75 Å². The molecule has 3 N–H and O–H groups in total. The quantitative estimate of drug-likeness (QED) is 0.419. The standard InChI is InChI=1S/C27H26N2O5/c28-14-5-15-33-19-12-10-18(11-13-19)26(31)25(30)16-29-27(32)34-17-24-22-8-3-1-6-20(22)21-7-2-4-9-23(21)24/h1-4,6-13,24-26,30-31H,5,15-17H2,(H,29,32). The van der Waals surface area contributed by atoms with E-state index >= 15 is 0 Å². The van der Waals surface area contributed by atoms with Crippen LogP contribution < -0.4 is 10.1 Å². The Kier molecular flexibility index (Phi) is 7.43. The van der Waals surface area contributed by atoms with Crippen molar-refractivity contribution in [2.45, 2.75) is 24.5 Å². The van der Waals surface area contributed by atoms with Crippen LogP contribution in [0.1, 0.15) is 35.1 Å². The second-order valence-corrected chi connectivity index (χ2v) is 8.04. The zero-order chi connectivity index (χ0) is 23.9. The van der Waals surface area contributed by atoms with Gasteiger partial charge in [0.05, 0.1) is 12.5 Å². The van der Waals surface area contributed by atoms with Gasteiger partial charge in [0.2, 0.25) is 0 Å². The number of carbonyl (C=O) groups is 1. The van der Waals surface area contributed by atoms with Gasteiger partial charge in [0.25, 0.3) is 0 Å². The number of aliphatic hydroxyl groups is 2. The molecule has 0 fully saturated rings. The Hall–Kier alpha value is -3.86. The molecule has 174 valence electrons. The molecule has 0 aromatic heterocycles. The van der Waals surface area contributed by atoms with Gasteiger partial charge >= 0.3 is 6.09 Å². The van der Waals surface area contributed by atoms with Crippen molar-refractivity contribution >= 4 is 6.09 Å². The smallest absolute Gasteiger partial charge is 0.407 e. The molecule has 7 nitrogen and oxygen atoms in total. The molecule has 0 saturated carbocycles. The van der Waals surface area contributed by atoms with Crippen molar-refractivity contribution in [3.8, 4) is 22.9 Å². The van der Waals surface area contributed by atoms with E-state index in [4.69, 9.17) is 14.7 Å². The van der Waals surface area contributed by atoms with Gasteiger partial charge in [0.1, 0.15) is 31.2 Å². The second kappa shape index (κ2) is 10.8. The zero-order valence-corrected chi connectivity index (χ0v) is 18.6. The molecule has 4 rings (SSSR count). The number of amides is 1. The third-order valence-corrected chi connectivity index (χ3v) is 5.87. The number of benzene rings is 3. The number of hydrogen-bond donors (Lipinski definition) is 3. The molecule has 1 aliphatic carbocycles. The average Bonchev–Trinajstić information content (AvgIpc) is 3.20. The molecule has 0 spiro atoms. The minimum atomic E-state index is -1.22. The minimum absolute atomic E-state index is 0.0532. The molecule has 2 unspecified atom stereocenters. The van der Waals surface area contributed by atoms with E-state index in [2.05, 4.69) is 17.4 Å². The Balaban J connectivity index is 1.28. The molecule has 3 aromatic rings. The molecular weight excluding hydrogens is 432 g/mol. The number of alkyl carbamates (subject to hydrolysis) is 1. The first kappa shape index (κ1) is 23.3. The van der Waals surface area contributed by atoms with Crippen molar-refractivity contribution < 1.29 is 24.5 Å². The Morgan fingerprint density at radius 3 is 2.21 bits per heavy atom. The van der Waals surface area contributed by atoms with E-state index in [1.165, 1.54) is 0 Å². The average molecular weight is 459 g/mol. The Bertz CT molecular complexity index is 1130. The molecule has 34 heavy (non-hydrogen) atoms. The van der Waals surface area contributed by atoms with Crippen molar-refractivity contribution in [1.29, 1.82) is 5.26 Å². The lowest BCUT2D eigenvalue weighted by Gasteiger charge is -2.19. The number of carbonyl (C=O) groups excluding carboxylic acids is 1. The highest BCUT2D eigenvalue weighted by atomic mass is 16.5. The maximum Gasteiger partial charge on any atom is 0.407 e. The largest absolute Gasteiger partial charge is 0.493 e. The Labute approximate surface area is 198 Å². The van der Waals surface area contributed by atoms with Gasteiger partial charge in [-0.05, 0) is 39.9 Å². The predicted molar refractivity (Wildman–Crippen MR) is 126 cm³/mol. The number of hydrogen-bond acceptors (Lipinski definition) is 6. The third kappa shape index (κ3) is 5.20. The number of nitrogens with one attached hydrogen (secondary N) is 1. The normalized spacial score (nSPS) is 13.8. The van der Waals surface area contributed by atoms with Gasteiger partial charge in [-0.3, -0.25) is 0 Å². The van der Waals surface area contributed by atoms with Crippen LogP contribution in [0.25, 0.3) is 11.1 Å². The van der Waals surface area contributed by atoms with Crippen molar-refractivity contribution in [3.63, 3.8) is 0 Å². The van der Waals surface area contributed by atoms with Gasteiger partial charge in [-0.2, -0.15) is 5.26 Å². The van der Waals surface area contributed by atoms with E-state index in [1.54, 1.807) is 24.3 Å². The van der Waals surface area contributed by atoms with Crippen LogP contribution in [0, 0.1) is 11.3 Å². The summed E-state index contributed by atoms with van der Waals surface area (Å²) in [6.45, 7) is 0.287. The highest BCUT2D eigenvalue weighted by Gasteiger charge is 2.29. The van der Waals surface area contributed by atoms with Crippen LogP contribution in [0.2, 0.25) is 0 Å². The van der Waals surface area contributed by atoms with Gasteiger partial charge in [-0.1, -0.05) is 60.7 Å². The fourth-order valence-corrected chi connectivity index (χ4v) is 4.15. The zero-order valence-electron chi connectivity index (χ0n) is 18.6. The van der Waals surface area contributed by atoms with Crippen molar-refractivity contribution in [2.24, 2.45) is 0 Å². The SMILES string of the molecule is N#CCCOc1ccc(C(O)C(O)CNC(=O)OCC2c3ccccc3-c3ccccc32)cc1. The number of nitriles is 1. The number of nitrogens with zero attached hydrogens (tertiary/aromatic N) is 1. The first-order valence-corrected chi connectivity index (χ1v) is 11.1. The van der Waals surface area contributed by atoms with E-state index in [-0.39, 0.29) is 32.1 Å². The van der Waals surface area contributed by atoms with Crippen LogP contribution in [0.15, 0.2) is 72.8 Å². The third-order valence-electron chi connectivity index (χ3n) is 5.87. The number of fused-ring (bicyclic) bond motifs is 3. The van der Waals surface area contributed by atoms with E-state index in [0.29, 0.717) is 11.3 Å². The van der Waals surface area contributed by atoms with Crippen LogP contribution in [-0.4, -0.2) is 42.2 Å². The van der Waals surface area contributed by atoms with Crippen LogP contribution >= 0.6 is 0 Å². The fraction of sp³-hybridized carbons (Fsp3) is 0.259. The summed E-state index contributed by atoms with van der Waals surface area (Å²) >= 11 is 0. The summed E-state index contributed by atoms with van der Waals surface area (Å²) in [5, 5.41) is 31.8. The maximum absolute atomic E-state index is 12.3. The van der Waals surface area contributed by atoms with Gasteiger partial charge in [0, 0.05) is 12.5 Å². The minimum Gasteiger partial charge on any atom is -0.493 e. The van der Waals surface area contributed by atoms with Crippen LogP contribution in [0.3, 0.4) is 0 Å². The molecular formula is C27H26N2O5. The lowest BCUT2D eigenvalue weighted by atomic mass is 9.98. The summed E-state index contributed by atoms with van der Waals surface area (Å²) in [5.74, 6) is 0.514. The molecule has 3 aromatic carbocycles. The molecule has 7 heteroatoms. The topological polar surface area (TPSA) is 112 Å². The predicted octanol–water partition coefficient (Wildman–Crippen LogP) is 3.91. The molecule has 2 atom stereocenters. The maximum atomic E-state index is 12.3. The summed E-state index contributed by atoms with van der Waals surface area (Å²) in [6, 6.07) is 24.7. The number of rotatable bonds is 9. The van der Waals surface area contributed by atoms with Crippen molar-refractivity contribution in [3.05, 3.63) is 89.5 Å².